The summed E-state index contributed by atoms with van der Waals surface area (Å²) in [7, 11) is 0. The minimum Gasteiger partial charge on any atom is -0.388 e. The van der Waals surface area contributed by atoms with Gasteiger partial charge in [-0.25, -0.2) is 4.79 Å². The highest BCUT2D eigenvalue weighted by molar-refractivity contribution is 5.51. The zero-order valence-corrected chi connectivity index (χ0v) is 8.09. The van der Waals surface area contributed by atoms with E-state index in [0.717, 1.165) is 5.56 Å². The number of hydrogen-bond donors (Lipinski definition) is 1. The molecule has 15 heavy (non-hydrogen) atoms. The topological polar surface area (TPSA) is 74.1 Å². The van der Waals surface area contributed by atoms with Gasteiger partial charge in [-0.05, 0) is 12.1 Å². The van der Waals surface area contributed by atoms with Crippen LogP contribution >= 0.6 is 0 Å². The molecule has 0 bridgehead atoms. The number of nitrogens with two attached hydrogens (primary N) is 1. The highest BCUT2D eigenvalue weighted by Crippen LogP contribution is 2.13. The van der Waals surface area contributed by atoms with Crippen molar-refractivity contribution in [2.75, 3.05) is 6.54 Å². The summed E-state index contributed by atoms with van der Waals surface area (Å²) in [5, 5.41) is 4.03. The summed E-state index contributed by atoms with van der Waals surface area (Å²) < 4.78 is 6.22. The molecule has 2 N–H and O–H groups in total. The molecule has 2 aromatic rings. The monoisotopic (exact) mass is 205 g/mol. The number of rotatable bonds is 3. The van der Waals surface area contributed by atoms with E-state index in [1.807, 2.05) is 30.3 Å². The molecule has 0 amide bonds. The maximum atomic E-state index is 11.3. The summed E-state index contributed by atoms with van der Waals surface area (Å²) in [4.78, 5) is 11.3. The third kappa shape index (κ3) is 1.97. The van der Waals surface area contributed by atoms with Crippen molar-refractivity contribution in [3.63, 3.8) is 0 Å². The first-order chi connectivity index (χ1) is 7.31. The number of aromatic nitrogens is 2. The van der Waals surface area contributed by atoms with Gasteiger partial charge in [0, 0.05) is 12.1 Å². The highest BCUT2D eigenvalue weighted by Gasteiger charge is 2.08. The van der Waals surface area contributed by atoms with E-state index in [9.17, 15) is 4.79 Å². The summed E-state index contributed by atoms with van der Waals surface area (Å²) in [5.74, 6) is -0.145. The van der Waals surface area contributed by atoms with Gasteiger partial charge in [-0.1, -0.05) is 18.2 Å². The Balaban J connectivity index is 2.39. The van der Waals surface area contributed by atoms with Gasteiger partial charge in [0.15, 0.2) is 0 Å². The Morgan fingerprint density at radius 2 is 2.07 bits per heavy atom. The van der Waals surface area contributed by atoms with Crippen molar-refractivity contribution in [2.24, 2.45) is 5.73 Å². The van der Waals surface area contributed by atoms with Crippen LogP contribution in [-0.2, 0) is 6.54 Å². The molecule has 0 aliphatic carbocycles. The van der Waals surface area contributed by atoms with E-state index in [-0.39, 0.29) is 0 Å². The largest absolute Gasteiger partial charge is 0.437 e. The Labute approximate surface area is 86.1 Å². The summed E-state index contributed by atoms with van der Waals surface area (Å²) in [6.07, 6.45) is 0. The van der Waals surface area contributed by atoms with Crippen LogP contribution in [0.1, 0.15) is 0 Å². The SMILES string of the molecule is NCCn1nc(-c2ccccc2)oc1=O. The molecule has 0 atom stereocenters. The van der Waals surface area contributed by atoms with E-state index in [4.69, 9.17) is 10.2 Å². The van der Waals surface area contributed by atoms with Crippen molar-refractivity contribution in [3.8, 4) is 11.5 Å². The third-order valence-corrected chi connectivity index (χ3v) is 1.97. The first kappa shape index (κ1) is 9.67. The quantitative estimate of drug-likeness (QED) is 0.790. The molecule has 5 heteroatoms. The van der Waals surface area contributed by atoms with Gasteiger partial charge in [-0.2, -0.15) is 4.68 Å². The normalized spacial score (nSPS) is 10.5. The zero-order chi connectivity index (χ0) is 10.7. The van der Waals surface area contributed by atoms with Gasteiger partial charge in [-0.15, -0.1) is 5.10 Å². The van der Waals surface area contributed by atoms with E-state index in [1.165, 1.54) is 4.68 Å². The lowest BCUT2D eigenvalue weighted by atomic mass is 10.2. The predicted octanol–water partition coefficient (Wildman–Crippen LogP) is 0.462. The Bertz CT molecular complexity index is 487. The van der Waals surface area contributed by atoms with Crippen LogP contribution in [0.15, 0.2) is 39.5 Å². The fraction of sp³-hybridized carbons (Fsp3) is 0.200. The minimum atomic E-state index is -0.473. The maximum Gasteiger partial charge on any atom is 0.437 e. The lowest BCUT2D eigenvalue weighted by Crippen LogP contribution is -2.20. The van der Waals surface area contributed by atoms with Crippen LogP contribution < -0.4 is 11.5 Å². The molecular weight excluding hydrogens is 194 g/mol. The van der Waals surface area contributed by atoms with Crippen LogP contribution in [0.25, 0.3) is 11.5 Å². The second-order valence-corrected chi connectivity index (χ2v) is 3.05. The zero-order valence-electron chi connectivity index (χ0n) is 8.09. The smallest absolute Gasteiger partial charge is 0.388 e. The Kier molecular flexibility index (Phi) is 2.64. The molecule has 0 saturated heterocycles. The summed E-state index contributed by atoms with van der Waals surface area (Å²) in [5.41, 5.74) is 6.12. The van der Waals surface area contributed by atoms with E-state index < -0.39 is 5.76 Å². The van der Waals surface area contributed by atoms with Crippen molar-refractivity contribution in [3.05, 3.63) is 40.9 Å². The molecular formula is C10H11N3O2. The third-order valence-electron chi connectivity index (χ3n) is 1.97. The van der Waals surface area contributed by atoms with Gasteiger partial charge in [0.25, 0.3) is 0 Å². The molecule has 78 valence electrons. The minimum absolute atomic E-state index is 0.328. The van der Waals surface area contributed by atoms with Crippen LogP contribution in [0.3, 0.4) is 0 Å². The molecule has 1 aromatic heterocycles. The van der Waals surface area contributed by atoms with Crippen LogP contribution in [0.4, 0.5) is 0 Å². The van der Waals surface area contributed by atoms with E-state index in [2.05, 4.69) is 5.10 Å². The first-order valence-electron chi connectivity index (χ1n) is 4.64. The molecule has 5 nitrogen and oxygen atoms in total. The lowest BCUT2D eigenvalue weighted by Gasteiger charge is -1.92. The van der Waals surface area contributed by atoms with Gasteiger partial charge < -0.3 is 10.2 Å². The van der Waals surface area contributed by atoms with Crippen LogP contribution in [0.2, 0.25) is 0 Å². The second-order valence-electron chi connectivity index (χ2n) is 3.05. The average Bonchev–Trinajstić information content (AvgIpc) is 2.63. The van der Waals surface area contributed by atoms with Crippen molar-refractivity contribution in [1.82, 2.24) is 9.78 Å². The Morgan fingerprint density at radius 1 is 1.33 bits per heavy atom. The predicted molar refractivity (Wildman–Crippen MR) is 55.3 cm³/mol. The first-order valence-corrected chi connectivity index (χ1v) is 4.64. The van der Waals surface area contributed by atoms with Crippen molar-refractivity contribution in [1.29, 1.82) is 0 Å². The molecule has 0 aliphatic rings. The van der Waals surface area contributed by atoms with Crippen LogP contribution in [0, 0.1) is 0 Å². The molecule has 0 aliphatic heterocycles. The number of hydrogen-bond acceptors (Lipinski definition) is 4. The number of benzene rings is 1. The van der Waals surface area contributed by atoms with Crippen LogP contribution in [0.5, 0.6) is 0 Å². The molecule has 1 aromatic carbocycles. The average molecular weight is 205 g/mol. The summed E-state index contributed by atoms with van der Waals surface area (Å²) in [6, 6.07) is 9.27. The Hall–Kier alpha value is -1.88. The fourth-order valence-electron chi connectivity index (χ4n) is 1.27. The van der Waals surface area contributed by atoms with Crippen molar-refractivity contribution >= 4 is 0 Å². The van der Waals surface area contributed by atoms with Crippen molar-refractivity contribution in [2.45, 2.75) is 6.54 Å². The molecule has 0 fully saturated rings. The molecule has 1 heterocycles. The lowest BCUT2D eigenvalue weighted by molar-refractivity contribution is 0.484. The standard InChI is InChI=1S/C10H11N3O2/c11-6-7-13-10(14)15-9(12-13)8-4-2-1-3-5-8/h1-5H,6-7,11H2. The molecule has 2 rings (SSSR count). The van der Waals surface area contributed by atoms with E-state index in [0.29, 0.717) is 19.0 Å². The molecule has 0 radical (unpaired) electrons. The highest BCUT2D eigenvalue weighted by atomic mass is 16.4. The molecule has 0 spiro atoms. The van der Waals surface area contributed by atoms with Gasteiger partial charge in [0.1, 0.15) is 0 Å². The van der Waals surface area contributed by atoms with E-state index in [1.54, 1.807) is 0 Å². The summed E-state index contributed by atoms with van der Waals surface area (Å²) >= 11 is 0. The van der Waals surface area contributed by atoms with E-state index >= 15 is 0 Å². The van der Waals surface area contributed by atoms with Gasteiger partial charge >= 0.3 is 5.76 Å². The summed E-state index contributed by atoms with van der Waals surface area (Å²) in [6.45, 7) is 0.732. The van der Waals surface area contributed by atoms with Gasteiger partial charge in [0.2, 0.25) is 5.89 Å². The maximum absolute atomic E-state index is 11.3. The Morgan fingerprint density at radius 3 is 2.73 bits per heavy atom. The molecule has 0 saturated carbocycles. The van der Waals surface area contributed by atoms with Gasteiger partial charge in [-0.3, -0.25) is 0 Å². The fourth-order valence-corrected chi connectivity index (χ4v) is 1.27. The van der Waals surface area contributed by atoms with Crippen molar-refractivity contribution < 1.29 is 4.42 Å². The number of nitrogens with zero attached hydrogens (tertiary/aromatic N) is 2. The molecule has 0 unspecified atom stereocenters. The van der Waals surface area contributed by atoms with Gasteiger partial charge in [0.05, 0.1) is 6.54 Å². The second kappa shape index (κ2) is 4.10. The van der Waals surface area contributed by atoms with Crippen LogP contribution in [-0.4, -0.2) is 16.3 Å².